The first-order valence-corrected chi connectivity index (χ1v) is 9.68. The van der Waals surface area contributed by atoms with Gasteiger partial charge in [0.15, 0.2) is 0 Å². The summed E-state index contributed by atoms with van der Waals surface area (Å²) in [6, 6.07) is 13.5. The number of fused-ring (bicyclic) bond motifs is 1. The lowest BCUT2D eigenvalue weighted by molar-refractivity contribution is -0.119. The average molecular weight is 392 g/mol. The molecule has 0 spiro atoms. The Labute approximate surface area is 169 Å². The average Bonchev–Trinajstić information content (AvgIpc) is 3.34. The van der Waals surface area contributed by atoms with Gasteiger partial charge >= 0.3 is 0 Å². The lowest BCUT2D eigenvalue weighted by atomic mass is 10.1. The highest BCUT2D eigenvalue weighted by atomic mass is 16.5. The first-order chi connectivity index (χ1) is 14.0. The monoisotopic (exact) mass is 392 g/mol. The number of carbonyl (C=O) groups is 2. The van der Waals surface area contributed by atoms with Gasteiger partial charge in [-0.3, -0.25) is 9.59 Å². The van der Waals surface area contributed by atoms with Crippen molar-refractivity contribution in [3.05, 3.63) is 59.9 Å². The number of nitrogens with one attached hydrogen (secondary N) is 1. The zero-order chi connectivity index (χ0) is 20.4. The normalized spacial score (nSPS) is 16.2. The zero-order valence-corrected chi connectivity index (χ0v) is 16.6. The van der Waals surface area contributed by atoms with Gasteiger partial charge in [0.1, 0.15) is 5.75 Å². The van der Waals surface area contributed by atoms with Crippen LogP contribution in [0.15, 0.2) is 48.8 Å². The minimum absolute atomic E-state index is 0.0280. The van der Waals surface area contributed by atoms with Crippen molar-refractivity contribution in [1.82, 2.24) is 19.8 Å². The fourth-order valence-electron chi connectivity index (χ4n) is 3.87. The smallest absolute Gasteiger partial charge is 0.254 e. The van der Waals surface area contributed by atoms with Crippen LogP contribution in [-0.2, 0) is 11.3 Å². The highest BCUT2D eigenvalue weighted by Crippen LogP contribution is 2.23. The third-order valence-electron chi connectivity index (χ3n) is 5.28. The molecule has 4 rings (SSSR count). The molecule has 1 unspecified atom stereocenters. The van der Waals surface area contributed by atoms with Gasteiger partial charge in [-0.1, -0.05) is 18.2 Å². The van der Waals surface area contributed by atoms with E-state index in [1.54, 1.807) is 18.3 Å². The lowest BCUT2D eigenvalue weighted by Gasteiger charge is -2.17. The van der Waals surface area contributed by atoms with Crippen LogP contribution in [0.25, 0.3) is 11.0 Å². The Morgan fingerprint density at radius 3 is 2.86 bits per heavy atom. The molecule has 1 aliphatic heterocycles. The van der Waals surface area contributed by atoms with Crippen LogP contribution in [0.3, 0.4) is 0 Å². The van der Waals surface area contributed by atoms with Crippen molar-refractivity contribution in [2.45, 2.75) is 25.9 Å². The second kappa shape index (κ2) is 7.95. The summed E-state index contributed by atoms with van der Waals surface area (Å²) < 4.78 is 7.48. The number of hydrogen-bond acceptors (Lipinski definition) is 4. The van der Waals surface area contributed by atoms with Crippen LogP contribution in [-0.4, -0.2) is 52.5 Å². The van der Waals surface area contributed by atoms with Gasteiger partial charge in [0.25, 0.3) is 5.91 Å². The number of benzene rings is 2. The maximum atomic E-state index is 12.9. The minimum atomic E-state index is -0.0636. The molecule has 7 nitrogen and oxygen atoms in total. The van der Waals surface area contributed by atoms with E-state index in [1.165, 1.54) is 6.92 Å². The quantitative estimate of drug-likeness (QED) is 0.724. The second-order valence-corrected chi connectivity index (χ2v) is 7.33. The summed E-state index contributed by atoms with van der Waals surface area (Å²) in [5, 5.41) is 2.88. The standard InChI is InChI=1S/C22H24N4O3/c1-15(27)24-18-9-10-25(13-18)22(28)16-7-8-20-19(11-16)23-14-26(20)12-17-5-3-4-6-21(17)29-2/h3-8,11,14,18H,9-10,12-13H2,1-2H3,(H,24,27). The molecule has 1 N–H and O–H groups in total. The number of imidazole rings is 1. The van der Waals surface area contributed by atoms with Gasteiger partial charge in [-0.15, -0.1) is 0 Å². The summed E-state index contributed by atoms with van der Waals surface area (Å²) in [7, 11) is 1.66. The molecule has 1 aliphatic rings. The molecule has 3 aromatic rings. The maximum Gasteiger partial charge on any atom is 0.254 e. The third kappa shape index (κ3) is 3.94. The largest absolute Gasteiger partial charge is 0.496 e. The Balaban J connectivity index is 1.52. The Bertz CT molecular complexity index is 1060. The van der Waals surface area contributed by atoms with Crippen LogP contribution < -0.4 is 10.1 Å². The van der Waals surface area contributed by atoms with E-state index in [9.17, 15) is 9.59 Å². The van der Waals surface area contributed by atoms with Crippen molar-refractivity contribution in [1.29, 1.82) is 0 Å². The van der Waals surface area contributed by atoms with E-state index in [0.29, 0.717) is 25.2 Å². The Hall–Kier alpha value is -3.35. The van der Waals surface area contributed by atoms with Crippen molar-refractivity contribution in [2.75, 3.05) is 20.2 Å². The number of hydrogen-bond donors (Lipinski definition) is 1. The van der Waals surface area contributed by atoms with Crippen molar-refractivity contribution >= 4 is 22.8 Å². The predicted molar refractivity (Wildman–Crippen MR) is 110 cm³/mol. The van der Waals surface area contributed by atoms with E-state index >= 15 is 0 Å². The topological polar surface area (TPSA) is 76.5 Å². The Kier molecular flexibility index (Phi) is 5.20. The van der Waals surface area contributed by atoms with Gasteiger partial charge in [-0.2, -0.15) is 0 Å². The molecule has 0 radical (unpaired) electrons. The number of nitrogens with zero attached hydrogens (tertiary/aromatic N) is 3. The van der Waals surface area contributed by atoms with E-state index in [0.717, 1.165) is 28.8 Å². The number of amides is 2. The highest BCUT2D eigenvalue weighted by molar-refractivity contribution is 5.97. The number of likely N-dealkylation sites (tertiary alicyclic amines) is 1. The molecule has 1 saturated heterocycles. The molecule has 1 aromatic heterocycles. The summed E-state index contributed by atoms with van der Waals surface area (Å²) >= 11 is 0. The van der Waals surface area contributed by atoms with Crippen molar-refractivity contribution in [3.63, 3.8) is 0 Å². The molecule has 2 amide bonds. The molecule has 0 bridgehead atoms. The summed E-state index contributed by atoms with van der Waals surface area (Å²) in [6.45, 7) is 3.32. The van der Waals surface area contributed by atoms with E-state index < -0.39 is 0 Å². The molecular formula is C22H24N4O3. The van der Waals surface area contributed by atoms with Gasteiger partial charge < -0.3 is 19.5 Å². The highest BCUT2D eigenvalue weighted by Gasteiger charge is 2.27. The van der Waals surface area contributed by atoms with Crippen molar-refractivity contribution in [3.8, 4) is 5.75 Å². The number of aromatic nitrogens is 2. The molecule has 2 heterocycles. The number of ether oxygens (including phenoxy) is 1. The molecule has 0 aliphatic carbocycles. The number of para-hydroxylation sites is 1. The van der Waals surface area contributed by atoms with E-state index in [1.807, 2.05) is 47.0 Å². The SMILES string of the molecule is COc1ccccc1Cn1cnc2cc(C(=O)N3CCC(NC(C)=O)C3)ccc21. The Morgan fingerprint density at radius 1 is 1.24 bits per heavy atom. The molecule has 2 aromatic carbocycles. The van der Waals surface area contributed by atoms with Gasteiger partial charge in [-0.25, -0.2) is 4.98 Å². The Morgan fingerprint density at radius 2 is 2.07 bits per heavy atom. The van der Waals surface area contributed by atoms with E-state index in [-0.39, 0.29) is 17.9 Å². The number of carbonyl (C=O) groups excluding carboxylic acids is 2. The van der Waals surface area contributed by atoms with Crippen molar-refractivity contribution in [2.24, 2.45) is 0 Å². The fourth-order valence-corrected chi connectivity index (χ4v) is 3.87. The zero-order valence-electron chi connectivity index (χ0n) is 16.6. The maximum absolute atomic E-state index is 12.9. The van der Waals surface area contributed by atoms with Gasteiger partial charge in [0, 0.05) is 37.2 Å². The minimum Gasteiger partial charge on any atom is -0.496 e. The predicted octanol–water partition coefficient (Wildman–Crippen LogP) is 2.44. The summed E-state index contributed by atoms with van der Waals surface area (Å²) in [5.41, 5.74) is 3.42. The molecule has 1 fully saturated rings. The molecule has 150 valence electrons. The first-order valence-electron chi connectivity index (χ1n) is 9.68. The second-order valence-electron chi connectivity index (χ2n) is 7.33. The molecule has 0 saturated carbocycles. The van der Waals surface area contributed by atoms with E-state index in [4.69, 9.17) is 4.74 Å². The first kappa shape index (κ1) is 19.0. The molecular weight excluding hydrogens is 368 g/mol. The molecule has 1 atom stereocenters. The van der Waals surface area contributed by atoms with Crippen molar-refractivity contribution < 1.29 is 14.3 Å². The van der Waals surface area contributed by atoms with Gasteiger partial charge in [0.2, 0.25) is 5.91 Å². The van der Waals surface area contributed by atoms with Gasteiger partial charge in [-0.05, 0) is 30.7 Å². The molecule has 7 heteroatoms. The third-order valence-corrected chi connectivity index (χ3v) is 5.28. The van der Waals surface area contributed by atoms with Gasteiger partial charge in [0.05, 0.1) is 31.0 Å². The number of methoxy groups -OCH3 is 1. The van der Waals surface area contributed by atoms with Crippen LogP contribution in [0.2, 0.25) is 0 Å². The molecule has 29 heavy (non-hydrogen) atoms. The van der Waals surface area contributed by atoms with Crippen LogP contribution in [0.4, 0.5) is 0 Å². The summed E-state index contributed by atoms with van der Waals surface area (Å²) in [6.07, 6.45) is 2.56. The number of rotatable bonds is 5. The van der Waals surface area contributed by atoms with Crippen LogP contribution in [0.1, 0.15) is 29.3 Å². The van der Waals surface area contributed by atoms with E-state index in [2.05, 4.69) is 10.3 Å². The van der Waals surface area contributed by atoms with Crippen LogP contribution in [0, 0.1) is 0 Å². The fraction of sp³-hybridized carbons (Fsp3) is 0.318. The lowest BCUT2D eigenvalue weighted by Crippen LogP contribution is -2.37. The summed E-state index contributed by atoms with van der Waals surface area (Å²) in [5.74, 6) is 0.745. The summed E-state index contributed by atoms with van der Waals surface area (Å²) in [4.78, 5) is 30.4. The van der Waals surface area contributed by atoms with Crippen LogP contribution in [0.5, 0.6) is 5.75 Å². The van der Waals surface area contributed by atoms with Crippen LogP contribution >= 0.6 is 0 Å².